The van der Waals surface area contributed by atoms with Gasteiger partial charge in [0.1, 0.15) is 5.75 Å². The largest absolute Gasteiger partial charge is 0.492 e. The van der Waals surface area contributed by atoms with E-state index in [4.69, 9.17) is 21.7 Å². The summed E-state index contributed by atoms with van der Waals surface area (Å²) < 4.78 is 11.0. The summed E-state index contributed by atoms with van der Waals surface area (Å²) in [4.78, 5) is 27.1. The standard InChI is InChI=1S/C23H27N3O4S/c1-16(2)15-30-20-9-4-3-8-19(20)21(27)25-23(31)24-18-7-5-6-17(14-18)22(28)26-10-12-29-13-11-26/h3-9,14,16H,10-13,15H2,1-2H3,(H2,24,25,27,31). The second kappa shape index (κ2) is 10.9. The highest BCUT2D eigenvalue weighted by molar-refractivity contribution is 7.80. The van der Waals surface area contributed by atoms with Crippen LogP contribution in [0.15, 0.2) is 48.5 Å². The molecule has 2 aromatic carbocycles. The van der Waals surface area contributed by atoms with Gasteiger partial charge in [-0.15, -0.1) is 0 Å². The van der Waals surface area contributed by atoms with Crippen LogP contribution in [0.25, 0.3) is 0 Å². The van der Waals surface area contributed by atoms with Crippen LogP contribution in [0.5, 0.6) is 5.75 Å². The Morgan fingerprint density at radius 1 is 1.13 bits per heavy atom. The summed E-state index contributed by atoms with van der Waals surface area (Å²) in [6.45, 7) is 6.83. The number of benzene rings is 2. The maximum Gasteiger partial charge on any atom is 0.261 e. The van der Waals surface area contributed by atoms with Gasteiger partial charge in [0.05, 0.1) is 25.4 Å². The molecule has 0 aliphatic carbocycles. The fourth-order valence-electron chi connectivity index (χ4n) is 3.05. The van der Waals surface area contributed by atoms with Crippen LogP contribution in [0.1, 0.15) is 34.6 Å². The molecule has 2 amide bonds. The highest BCUT2D eigenvalue weighted by Gasteiger charge is 2.19. The number of hydrogen-bond donors (Lipinski definition) is 2. The minimum Gasteiger partial charge on any atom is -0.492 e. The average Bonchev–Trinajstić information content (AvgIpc) is 2.78. The molecule has 8 heteroatoms. The molecule has 0 aromatic heterocycles. The molecule has 1 heterocycles. The van der Waals surface area contributed by atoms with Gasteiger partial charge in [-0.3, -0.25) is 14.9 Å². The van der Waals surface area contributed by atoms with Crippen LogP contribution in [0, 0.1) is 5.92 Å². The summed E-state index contributed by atoms with van der Waals surface area (Å²) in [5.41, 5.74) is 1.57. The summed E-state index contributed by atoms with van der Waals surface area (Å²) in [6.07, 6.45) is 0. The van der Waals surface area contributed by atoms with Crippen molar-refractivity contribution < 1.29 is 19.1 Å². The fourth-order valence-corrected chi connectivity index (χ4v) is 3.26. The summed E-state index contributed by atoms with van der Waals surface area (Å²) in [5, 5.41) is 5.79. The smallest absolute Gasteiger partial charge is 0.261 e. The van der Waals surface area contributed by atoms with Gasteiger partial charge in [0.25, 0.3) is 11.8 Å². The number of para-hydroxylation sites is 1. The molecule has 0 saturated carbocycles. The van der Waals surface area contributed by atoms with Crippen molar-refractivity contribution in [2.24, 2.45) is 5.92 Å². The number of nitrogens with zero attached hydrogens (tertiary/aromatic N) is 1. The Balaban J connectivity index is 1.62. The van der Waals surface area contributed by atoms with Crippen molar-refractivity contribution in [3.05, 3.63) is 59.7 Å². The number of rotatable bonds is 6. The van der Waals surface area contributed by atoms with E-state index in [-0.39, 0.29) is 16.9 Å². The number of thiocarbonyl (C=S) groups is 1. The van der Waals surface area contributed by atoms with Crippen LogP contribution in [0.3, 0.4) is 0 Å². The van der Waals surface area contributed by atoms with Crippen molar-refractivity contribution in [1.82, 2.24) is 10.2 Å². The van der Waals surface area contributed by atoms with Crippen LogP contribution in [-0.2, 0) is 4.74 Å². The molecule has 164 valence electrons. The number of hydrogen-bond acceptors (Lipinski definition) is 5. The maximum absolute atomic E-state index is 12.7. The molecule has 0 unspecified atom stereocenters. The predicted octanol–water partition coefficient (Wildman–Crippen LogP) is 3.32. The zero-order chi connectivity index (χ0) is 22.2. The molecular weight excluding hydrogens is 414 g/mol. The summed E-state index contributed by atoms with van der Waals surface area (Å²) >= 11 is 5.30. The monoisotopic (exact) mass is 441 g/mol. The predicted molar refractivity (Wildman–Crippen MR) is 124 cm³/mol. The Morgan fingerprint density at radius 2 is 1.87 bits per heavy atom. The van der Waals surface area contributed by atoms with Crippen LogP contribution in [0.4, 0.5) is 5.69 Å². The molecule has 0 atom stereocenters. The molecule has 1 fully saturated rings. The van der Waals surface area contributed by atoms with Gasteiger partial charge < -0.3 is 19.7 Å². The van der Waals surface area contributed by atoms with E-state index in [9.17, 15) is 9.59 Å². The first-order chi connectivity index (χ1) is 14.9. The minimum absolute atomic E-state index is 0.0573. The number of morpholine rings is 1. The lowest BCUT2D eigenvalue weighted by atomic mass is 10.1. The second-order valence-electron chi connectivity index (χ2n) is 7.59. The van der Waals surface area contributed by atoms with Gasteiger partial charge in [-0.1, -0.05) is 32.0 Å². The molecule has 1 aliphatic rings. The molecule has 7 nitrogen and oxygen atoms in total. The summed E-state index contributed by atoms with van der Waals surface area (Å²) in [6, 6.07) is 14.1. The topological polar surface area (TPSA) is 79.9 Å². The Bertz CT molecular complexity index is 942. The van der Waals surface area contributed by atoms with Crippen molar-refractivity contribution in [2.45, 2.75) is 13.8 Å². The average molecular weight is 442 g/mol. The lowest BCUT2D eigenvalue weighted by Crippen LogP contribution is -2.40. The molecule has 2 aromatic rings. The zero-order valence-electron chi connectivity index (χ0n) is 17.7. The first-order valence-corrected chi connectivity index (χ1v) is 10.7. The highest BCUT2D eigenvalue weighted by Crippen LogP contribution is 2.19. The van der Waals surface area contributed by atoms with Gasteiger partial charge in [0.2, 0.25) is 0 Å². The van der Waals surface area contributed by atoms with E-state index in [1.54, 1.807) is 47.4 Å². The van der Waals surface area contributed by atoms with Crippen LogP contribution >= 0.6 is 12.2 Å². The number of carbonyl (C=O) groups is 2. The van der Waals surface area contributed by atoms with Crippen LogP contribution in [-0.4, -0.2) is 54.7 Å². The lowest BCUT2D eigenvalue weighted by molar-refractivity contribution is 0.0303. The van der Waals surface area contributed by atoms with Crippen LogP contribution < -0.4 is 15.4 Å². The third-order valence-corrected chi connectivity index (χ3v) is 4.80. The Labute approximate surface area is 187 Å². The lowest BCUT2D eigenvalue weighted by Gasteiger charge is -2.27. The van der Waals surface area contributed by atoms with E-state index < -0.39 is 0 Å². The minimum atomic E-state index is -0.364. The number of ether oxygens (including phenoxy) is 2. The van der Waals surface area contributed by atoms with E-state index >= 15 is 0 Å². The number of anilines is 1. The maximum atomic E-state index is 12.7. The van der Waals surface area contributed by atoms with Crippen molar-refractivity contribution in [2.75, 3.05) is 38.2 Å². The fraction of sp³-hybridized carbons (Fsp3) is 0.348. The molecule has 0 spiro atoms. The molecule has 0 radical (unpaired) electrons. The molecule has 2 N–H and O–H groups in total. The highest BCUT2D eigenvalue weighted by atomic mass is 32.1. The van der Waals surface area contributed by atoms with Gasteiger partial charge in [-0.2, -0.15) is 0 Å². The van der Waals surface area contributed by atoms with Crippen molar-refractivity contribution in [1.29, 1.82) is 0 Å². The first-order valence-electron chi connectivity index (χ1n) is 10.3. The molecule has 31 heavy (non-hydrogen) atoms. The van der Waals surface area contributed by atoms with E-state index in [0.717, 1.165) is 0 Å². The number of amides is 2. The van der Waals surface area contributed by atoms with E-state index in [1.165, 1.54) is 0 Å². The Morgan fingerprint density at radius 3 is 2.61 bits per heavy atom. The molecule has 1 saturated heterocycles. The third kappa shape index (κ3) is 6.50. The van der Waals surface area contributed by atoms with E-state index in [0.29, 0.717) is 61.4 Å². The summed E-state index contributed by atoms with van der Waals surface area (Å²) in [5.74, 6) is 0.427. The van der Waals surface area contributed by atoms with Crippen molar-refractivity contribution >= 4 is 34.8 Å². The summed E-state index contributed by atoms with van der Waals surface area (Å²) in [7, 11) is 0. The third-order valence-electron chi connectivity index (χ3n) is 4.60. The van der Waals surface area contributed by atoms with Crippen LogP contribution in [0.2, 0.25) is 0 Å². The Hall–Kier alpha value is -2.97. The van der Waals surface area contributed by atoms with E-state index in [2.05, 4.69) is 10.6 Å². The van der Waals surface area contributed by atoms with Gasteiger partial charge in [0.15, 0.2) is 5.11 Å². The van der Waals surface area contributed by atoms with Crippen molar-refractivity contribution in [3.63, 3.8) is 0 Å². The van der Waals surface area contributed by atoms with Gasteiger partial charge >= 0.3 is 0 Å². The second-order valence-corrected chi connectivity index (χ2v) is 8.00. The van der Waals surface area contributed by atoms with Gasteiger partial charge in [0, 0.05) is 24.3 Å². The number of carbonyl (C=O) groups excluding carboxylic acids is 2. The molecular formula is C23H27N3O4S. The zero-order valence-corrected chi connectivity index (χ0v) is 18.5. The normalized spacial score (nSPS) is 13.6. The van der Waals surface area contributed by atoms with Gasteiger partial charge in [-0.05, 0) is 48.5 Å². The number of nitrogens with one attached hydrogen (secondary N) is 2. The molecule has 3 rings (SSSR count). The quantitative estimate of drug-likeness (QED) is 0.670. The van der Waals surface area contributed by atoms with Gasteiger partial charge in [-0.25, -0.2) is 0 Å². The molecule has 0 bridgehead atoms. The van der Waals surface area contributed by atoms with Crippen molar-refractivity contribution in [3.8, 4) is 5.75 Å². The first kappa shape index (κ1) is 22.7. The SMILES string of the molecule is CC(C)COc1ccccc1C(=O)NC(=S)Nc1cccc(C(=O)N2CCOCC2)c1. The van der Waals surface area contributed by atoms with E-state index in [1.807, 2.05) is 19.9 Å². The molecule has 1 aliphatic heterocycles. The Kier molecular flexibility index (Phi) is 7.97.